The molecule has 130 valence electrons. The molecule has 0 aromatic heterocycles. The van der Waals surface area contributed by atoms with Gasteiger partial charge in [0.1, 0.15) is 6.61 Å². The van der Waals surface area contributed by atoms with Crippen LogP contribution in [0.2, 0.25) is 0 Å². The number of amides is 2. The lowest BCUT2D eigenvalue weighted by molar-refractivity contribution is -0.158. The summed E-state index contributed by atoms with van der Waals surface area (Å²) >= 11 is 0. The van der Waals surface area contributed by atoms with Gasteiger partial charge in [0, 0.05) is 19.0 Å². The first kappa shape index (κ1) is 15.9. The summed E-state index contributed by atoms with van der Waals surface area (Å²) in [6.07, 6.45) is 4.43. The third-order valence-corrected chi connectivity index (χ3v) is 5.62. The first-order chi connectivity index (χ1) is 12.1. The van der Waals surface area contributed by atoms with Gasteiger partial charge in [0.25, 0.3) is 0 Å². The van der Waals surface area contributed by atoms with Gasteiger partial charge in [0.2, 0.25) is 11.8 Å². The number of rotatable bonds is 3. The second-order valence-corrected chi connectivity index (χ2v) is 6.99. The molecular weight excluding hydrogens is 320 g/mol. The Morgan fingerprint density at radius 3 is 2.68 bits per heavy atom. The van der Waals surface area contributed by atoms with Gasteiger partial charge in [-0.25, -0.2) is 0 Å². The van der Waals surface area contributed by atoms with Crippen LogP contribution in [0, 0.1) is 23.7 Å². The maximum atomic E-state index is 12.7. The maximum Gasteiger partial charge on any atom is 0.310 e. The molecule has 5 unspecified atom stereocenters. The van der Waals surface area contributed by atoms with Gasteiger partial charge in [-0.1, -0.05) is 36.4 Å². The van der Waals surface area contributed by atoms with Gasteiger partial charge in [0.05, 0.1) is 17.8 Å². The summed E-state index contributed by atoms with van der Waals surface area (Å²) in [5.41, 5.74) is 0.896. The van der Waals surface area contributed by atoms with E-state index in [9.17, 15) is 14.4 Å². The Hall–Kier alpha value is -2.63. The fraction of sp³-hybridized carbons (Fsp3) is 0.421. The predicted molar refractivity (Wildman–Crippen MR) is 88.7 cm³/mol. The molecule has 6 heteroatoms. The molecule has 1 saturated heterocycles. The van der Waals surface area contributed by atoms with Gasteiger partial charge >= 0.3 is 5.97 Å². The van der Waals surface area contributed by atoms with Gasteiger partial charge < -0.3 is 9.64 Å². The minimum absolute atomic E-state index is 0.0281. The molecule has 4 rings (SSSR count). The molecule has 6 nitrogen and oxygen atoms in total. The second-order valence-electron chi connectivity index (χ2n) is 6.99. The number of hydrogen-bond acceptors (Lipinski definition) is 5. The van der Waals surface area contributed by atoms with E-state index in [0.29, 0.717) is 6.42 Å². The van der Waals surface area contributed by atoms with Crippen molar-refractivity contribution < 1.29 is 19.1 Å². The quantitative estimate of drug-likeness (QED) is 0.658. The Morgan fingerprint density at radius 2 is 1.92 bits per heavy atom. The monoisotopic (exact) mass is 340 g/mol. The average molecular weight is 340 g/mol. The Bertz CT molecular complexity index is 745. The summed E-state index contributed by atoms with van der Waals surface area (Å²) in [5.74, 6) is -2.76. The summed E-state index contributed by atoms with van der Waals surface area (Å²) in [7, 11) is 1.93. The lowest BCUT2D eigenvalue weighted by Gasteiger charge is -2.40. The van der Waals surface area contributed by atoms with Crippen molar-refractivity contribution in [1.29, 1.82) is 0 Å². The molecule has 1 aliphatic carbocycles. The normalized spacial score (nSPS) is 33.0. The number of carbonyl (C=O) groups excluding carboxylic acids is 3. The molecule has 2 heterocycles. The van der Waals surface area contributed by atoms with Crippen LogP contribution in [-0.4, -0.2) is 35.8 Å². The van der Waals surface area contributed by atoms with Gasteiger partial charge in [-0.15, -0.1) is 0 Å². The maximum absolute atomic E-state index is 12.7. The summed E-state index contributed by atoms with van der Waals surface area (Å²) < 4.78 is 5.47. The number of esters is 1. The molecule has 1 aromatic carbocycles. The van der Waals surface area contributed by atoms with Crippen molar-refractivity contribution in [3.05, 3.63) is 48.2 Å². The predicted octanol–water partition coefficient (Wildman–Crippen LogP) is 1.08. The van der Waals surface area contributed by atoms with Crippen molar-refractivity contribution in [2.75, 3.05) is 7.05 Å². The Morgan fingerprint density at radius 1 is 1.20 bits per heavy atom. The van der Waals surface area contributed by atoms with Crippen molar-refractivity contribution >= 4 is 17.8 Å². The fourth-order valence-electron chi connectivity index (χ4n) is 4.37. The topological polar surface area (TPSA) is 75.7 Å². The van der Waals surface area contributed by atoms with Crippen LogP contribution in [0.15, 0.2) is 42.6 Å². The minimum Gasteiger partial charge on any atom is -0.461 e. The number of nitrogens with one attached hydrogen (secondary N) is 1. The fourth-order valence-corrected chi connectivity index (χ4v) is 4.37. The molecule has 0 radical (unpaired) electrons. The van der Waals surface area contributed by atoms with Crippen LogP contribution >= 0.6 is 0 Å². The van der Waals surface area contributed by atoms with Crippen molar-refractivity contribution in [2.45, 2.75) is 19.1 Å². The molecular formula is C19H20N2O4. The van der Waals surface area contributed by atoms with Crippen LogP contribution in [0.4, 0.5) is 0 Å². The van der Waals surface area contributed by atoms with E-state index >= 15 is 0 Å². The molecule has 5 atom stereocenters. The van der Waals surface area contributed by atoms with E-state index in [0.717, 1.165) is 5.56 Å². The highest BCUT2D eigenvalue weighted by molar-refractivity contribution is 6.07. The van der Waals surface area contributed by atoms with E-state index in [4.69, 9.17) is 4.74 Å². The second kappa shape index (κ2) is 6.02. The Kier molecular flexibility index (Phi) is 3.82. The summed E-state index contributed by atoms with van der Waals surface area (Å²) in [6.45, 7) is 0.172. The lowest BCUT2D eigenvalue weighted by atomic mass is 9.66. The highest BCUT2D eigenvalue weighted by Crippen LogP contribution is 2.47. The number of hydrogen-bond donors (Lipinski definition) is 1. The number of imide groups is 1. The van der Waals surface area contributed by atoms with E-state index in [1.54, 1.807) is 0 Å². The van der Waals surface area contributed by atoms with Crippen molar-refractivity contribution in [2.24, 2.45) is 23.7 Å². The lowest BCUT2D eigenvalue weighted by Crippen LogP contribution is -2.49. The molecule has 2 amide bonds. The standard InChI is InChI=1S/C19H20N2O4/c1-21-8-7-12-14(21)9-13(16-15(12)17(22)20-18(16)23)19(24)25-10-11-5-3-2-4-6-11/h2-8,12-16H,9-10H2,1H3,(H,20,22,23). The molecule has 1 aromatic rings. The molecule has 3 aliphatic rings. The third kappa shape index (κ3) is 2.62. The van der Waals surface area contributed by atoms with Crippen LogP contribution in [0.3, 0.4) is 0 Å². The van der Waals surface area contributed by atoms with Crippen molar-refractivity contribution in [3.63, 3.8) is 0 Å². The zero-order valence-corrected chi connectivity index (χ0v) is 13.9. The summed E-state index contributed by atoms with van der Waals surface area (Å²) in [6, 6.07) is 9.47. The molecule has 2 aliphatic heterocycles. The van der Waals surface area contributed by atoms with E-state index in [1.165, 1.54) is 0 Å². The van der Waals surface area contributed by atoms with E-state index < -0.39 is 23.7 Å². The van der Waals surface area contributed by atoms with Crippen LogP contribution in [0.5, 0.6) is 0 Å². The van der Waals surface area contributed by atoms with Crippen LogP contribution < -0.4 is 5.32 Å². The average Bonchev–Trinajstić information content (AvgIpc) is 3.13. The Balaban J connectivity index is 1.54. The molecule has 2 fully saturated rings. The van der Waals surface area contributed by atoms with E-state index in [1.807, 2.05) is 54.6 Å². The smallest absolute Gasteiger partial charge is 0.310 e. The Labute approximate surface area is 145 Å². The van der Waals surface area contributed by atoms with Crippen LogP contribution in [0.25, 0.3) is 0 Å². The number of benzene rings is 1. The molecule has 1 saturated carbocycles. The first-order valence-corrected chi connectivity index (χ1v) is 8.52. The van der Waals surface area contributed by atoms with Gasteiger partial charge in [-0.05, 0) is 18.2 Å². The largest absolute Gasteiger partial charge is 0.461 e. The molecule has 0 bridgehead atoms. The summed E-state index contributed by atoms with van der Waals surface area (Å²) in [4.78, 5) is 39.3. The van der Waals surface area contributed by atoms with Gasteiger partial charge in [-0.2, -0.15) is 0 Å². The highest BCUT2D eigenvalue weighted by Gasteiger charge is 2.58. The zero-order chi connectivity index (χ0) is 17.6. The minimum atomic E-state index is -0.631. The zero-order valence-electron chi connectivity index (χ0n) is 13.9. The number of ether oxygens (including phenoxy) is 1. The van der Waals surface area contributed by atoms with E-state index in [2.05, 4.69) is 5.32 Å². The molecule has 25 heavy (non-hydrogen) atoms. The first-order valence-electron chi connectivity index (χ1n) is 8.52. The number of carbonyl (C=O) groups is 3. The number of fused-ring (bicyclic) bond motifs is 3. The van der Waals surface area contributed by atoms with E-state index in [-0.39, 0.29) is 30.4 Å². The van der Waals surface area contributed by atoms with Crippen LogP contribution in [0.1, 0.15) is 12.0 Å². The molecule has 0 spiro atoms. The molecule has 1 N–H and O–H groups in total. The van der Waals surface area contributed by atoms with Gasteiger partial charge in [0.15, 0.2) is 0 Å². The van der Waals surface area contributed by atoms with Crippen LogP contribution in [-0.2, 0) is 25.7 Å². The highest BCUT2D eigenvalue weighted by atomic mass is 16.5. The van der Waals surface area contributed by atoms with Crippen molar-refractivity contribution in [3.8, 4) is 0 Å². The third-order valence-electron chi connectivity index (χ3n) is 5.62. The number of nitrogens with zero attached hydrogens (tertiary/aromatic N) is 1. The SMILES string of the molecule is CN1C=CC2C3C(=O)NC(=O)C3C(C(=O)OCc3ccccc3)CC21. The van der Waals surface area contributed by atoms with Gasteiger partial charge in [-0.3, -0.25) is 19.7 Å². The van der Waals surface area contributed by atoms with Crippen molar-refractivity contribution in [1.82, 2.24) is 10.2 Å². The summed E-state index contributed by atoms with van der Waals surface area (Å²) in [5, 5.41) is 2.41.